The lowest BCUT2D eigenvalue weighted by molar-refractivity contribution is 0.0516. The summed E-state index contributed by atoms with van der Waals surface area (Å²) in [5.74, 6) is 1.08. The third-order valence-electron chi connectivity index (χ3n) is 9.54. The number of rotatable bonds is 8. The first kappa shape index (κ1) is 31.9. The van der Waals surface area contributed by atoms with Crippen LogP contribution in [0.3, 0.4) is 0 Å². The number of ether oxygens (including phenoxy) is 4. The molecule has 4 bridgehead atoms. The summed E-state index contributed by atoms with van der Waals surface area (Å²) in [6.45, 7) is 8.07. The Morgan fingerprint density at radius 1 is 0.625 bits per heavy atom. The molecule has 0 saturated carbocycles. The normalized spacial score (nSPS) is 21.9. The Hall–Kier alpha value is -4.66. The second-order valence-electron chi connectivity index (χ2n) is 12.8. The fourth-order valence-corrected chi connectivity index (χ4v) is 7.39. The maximum atomic E-state index is 11.9. The first-order valence-corrected chi connectivity index (χ1v) is 17.0. The molecule has 4 aromatic rings. The SMILES string of the molecule is CCOC(=O)c1ccc2c(c1)O[C@@H]1C[C@H]2N(Cc2ccccc2)C1.CCOC(=O)c1ccc2c(c1)O[C@H]1C[C@@H]2N(Cc2ccccc2)C1. The van der Waals surface area contributed by atoms with Gasteiger partial charge < -0.3 is 18.9 Å². The zero-order chi connectivity index (χ0) is 33.0. The van der Waals surface area contributed by atoms with Crippen molar-refractivity contribution < 1.29 is 28.5 Å². The minimum absolute atomic E-state index is 0.198. The standard InChI is InChI=1S/2C20H21NO3/c2*1-2-23-20(22)15-8-9-17-18-11-16(24-19(17)10-15)13-21(18)12-14-6-4-3-5-7-14/h2*3-10,16,18H,2,11-13H2,1H3/t2*16-,18-/m10/s1. The highest BCUT2D eigenvalue weighted by Gasteiger charge is 2.41. The number of carbonyl (C=O) groups is 2. The molecule has 2 saturated heterocycles. The van der Waals surface area contributed by atoms with Gasteiger partial charge in [-0.25, -0.2) is 9.59 Å². The van der Waals surface area contributed by atoms with Crippen LogP contribution in [0, 0.1) is 0 Å². The van der Waals surface area contributed by atoms with E-state index in [0.717, 1.165) is 50.5 Å². The number of nitrogens with zero attached hydrogens (tertiary/aromatic N) is 2. The van der Waals surface area contributed by atoms with E-state index in [4.69, 9.17) is 18.9 Å². The minimum atomic E-state index is -0.289. The predicted molar refractivity (Wildman–Crippen MR) is 182 cm³/mol. The lowest BCUT2D eigenvalue weighted by Crippen LogP contribution is -2.23. The molecule has 4 atom stereocenters. The Balaban J connectivity index is 0.000000152. The van der Waals surface area contributed by atoms with Gasteiger partial charge in [0, 0.05) is 62.2 Å². The van der Waals surface area contributed by atoms with E-state index >= 15 is 0 Å². The fraction of sp³-hybridized carbons (Fsp3) is 0.350. The summed E-state index contributed by atoms with van der Waals surface area (Å²) in [6, 6.07) is 33.1. The number of carbonyl (C=O) groups excluding carboxylic acids is 2. The molecule has 2 fully saturated rings. The molecule has 4 aliphatic heterocycles. The van der Waals surface area contributed by atoms with Crippen LogP contribution in [0.1, 0.15) is 81.7 Å². The molecule has 4 aromatic carbocycles. The van der Waals surface area contributed by atoms with E-state index in [1.807, 2.05) is 62.4 Å². The second kappa shape index (κ2) is 14.2. The van der Waals surface area contributed by atoms with Crippen LogP contribution in [0.2, 0.25) is 0 Å². The molecular weight excluding hydrogens is 604 g/mol. The Kier molecular flexibility index (Phi) is 9.45. The lowest BCUT2D eigenvalue weighted by atomic mass is 9.98. The molecule has 0 unspecified atom stereocenters. The number of esters is 2. The number of hydrogen-bond donors (Lipinski definition) is 0. The average molecular weight is 647 g/mol. The molecule has 4 heterocycles. The van der Waals surface area contributed by atoms with Crippen molar-refractivity contribution in [2.45, 2.75) is 64.1 Å². The molecule has 8 heteroatoms. The topological polar surface area (TPSA) is 77.5 Å². The lowest BCUT2D eigenvalue weighted by Gasteiger charge is -2.27. The number of fused-ring (bicyclic) bond motifs is 8. The highest BCUT2D eigenvalue weighted by atomic mass is 16.5. The molecule has 8 rings (SSSR count). The Labute approximate surface area is 282 Å². The maximum Gasteiger partial charge on any atom is 0.338 e. The third kappa shape index (κ3) is 6.82. The van der Waals surface area contributed by atoms with Crippen LogP contribution < -0.4 is 9.47 Å². The van der Waals surface area contributed by atoms with Crippen LogP contribution in [-0.2, 0) is 22.6 Å². The summed E-state index contributed by atoms with van der Waals surface area (Å²) in [6.07, 6.45) is 2.42. The van der Waals surface area contributed by atoms with Crippen molar-refractivity contribution >= 4 is 11.9 Å². The molecule has 0 amide bonds. The van der Waals surface area contributed by atoms with E-state index in [-0.39, 0.29) is 24.1 Å². The summed E-state index contributed by atoms with van der Waals surface area (Å²) in [5, 5.41) is 0. The summed E-state index contributed by atoms with van der Waals surface area (Å²) < 4.78 is 22.4. The predicted octanol–water partition coefficient (Wildman–Crippen LogP) is 7.14. The van der Waals surface area contributed by atoms with Gasteiger partial charge in [0.25, 0.3) is 0 Å². The van der Waals surface area contributed by atoms with Crippen molar-refractivity contribution in [3.05, 3.63) is 130 Å². The van der Waals surface area contributed by atoms with Crippen LogP contribution in [0.15, 0.2) is 97.1 Å². The van der Waals surface area contributed by atoms with Crippen LogP contribution in [0.25, 0.3) is 0 Å². The highest BCUT2D eigenvalue weighted by Crippen LogP contribution is 2.45. The van der Waals surface area contributed by atoms with Crippen molar-refractivity contribution in [2.24, 2.45) is 0 Å². The van der Waals surface area contributed by atoms with Crippen LogP contribution in [0.5, 0.6) is 11.5 Å². The monoisotopic (exact) mass is 646 g/mol. The summed E-state index contributed by atoms with van der Waals surface area (Å²) in [5.41, 5.74) is 6.10. The molecular formula is C40H42N2O6. The van der Waals surface area contributed by atoms with E-state index in [0.29, 0.717) is 36.4 Å². The minimum Gasteiger partial charge on any atom is -0.489 e. The van der Waals surface area contributed by atoms with Gasteiger partial charge in [0.15, 0.2) is 0 Å². The molecule has 8 nitrogen and oxygen atoms in total. The van der Waals surface area contributed by atoms with Crippen molar-refractivity contribution in [2.75, 3.05) is 26.3 Å². The third-order valence-corrected chi connectivity index (χ3v) is 9.54. The Bertz CT molecular complexity index is 1620. The largest absolute Gasteiger partial charge is 0.489 e. The van der Waals surface area contributed by atoms with Crippen LogP contribution in [0.4, 0.5) is 0 Å². The first-order chi connectivity index (χ1) is 23.5. The van der Waals surface area contributed by atoms with Crippen molar-refractivity contribution in [1.82, 2.24) is 9.80 Å². The van der Waals surface area contributed by atoms with E-state index in [9.17, 15) is 9.59 Å². The Morgan fingerprint density at radius 3 is 1.44 bits per heavy atom. The van der Waals surface area contributed by atoms with Gasteiger partial charge in [-0.2, -0.15) is 0 Å². The molecule has 248 valence electrons. The molecule has 0 spiro atoms. The molecule has 0 aromatic heterocycles. The van der Waals surface area contributed by atoms with Gasteiger partial charge in [0.05, 0.1) is 24.3 Å². The number of hydrogen-bond acceptors (Lipinski definition) is 8. The van der Waals surface area contributed by atoms with Gasteiger partial charge in [0.1, 0.15) is 23.7 Å². The van der Waals surface area contributed by atoms with Gasteiger partial charge in [-0.15, -0.1) is 0 Å². The fourth-order valence-electron chi connectivity index (χ4n) is 7.39. The number of benzene rings is 4. The van der Waals surface area contributed by atoms with Gasteiger partial charge in [-0.05, 0) is 49.2 Å². The summed E-state index contributed by atoms with van der Waals surface area (Å²) >= 11 is 0. The first-order valence-electron chi connectivity index (χ1n) is 17.0. The van der Waals surface area contributed by atoms with E-state index in [2.05, 4.69) is 58.3 Å². The van der Waals surface area contributed by atoms with Gasteiger partial charge >= 0.3 is 11.9 Å². The van der Waals surface area contributed by atoms with Crippen LogP contribution >= 0.6 is 0 Å². The molecule has 48 heavy (non-hydrogen) atoms. The maximum absolute atomic E-state index is 11.9. The van der Waals surface area contributed by atoms with E-state index in [1.165, 1.54) is 22.3 Å². The van der Waals surface area contributed by atoms with Gasteiger partial charge in [-0.1, -0.05) is 72.8 Å². The van der Waals surface area contributed by atoms with Gasteiger partial charge in [0.2, 0.25) is 0 Å². The molecule has 4 aliphatic rings. The van der Waals surface area contributed by atoms with Crippen molar-refractivity contribution in [3.63, 3.8) is 0 Å². The average Bonchev–Trinajstić information content (AvgIpc) is 3.61. The number of likely N-dealkylation sites (tertiary alicyclic amines) is 2. The van der Waals surface area contributed by atoms with Gasteiger partial charge in [-0.3, -0.25) is 9.80 Å². The summed E-state index contributed by atoms with van der Waals surface area (Å²) in [4.78, 5) is 28.8. The molecule has 0 N–H and O–H groups in total. The zero-order valence-corrected chi connectivity index (χ0v) is 27.5. The smallest absolute Gasteiger partial charge is 0.338 e. The zero-order valence-electron chi connectivity index (χ0n) is 27.5. The molecule has 0 radical (unpaired) electrons. The van der Waals surface area contributed by atoms with E-state index < -0.39 is 0 Å². The highest BCUT2D eigenvalue weighted by molar-refractivity contribution is 5.90. The van der Waals surface area contributed by atoms with Crippen molar-refractivity contribution in [3.8, 4) is 11.5 Å². The molecule has 0 aliphatic carbocycles. The van der Waals surface area contributed by atoms with E-state index in [1.54, 1.807) is 0 Å². The summed E-state index contributed by atoms with van der Waals surface area (Å²) in [7, 11) is 0. The quantitative estimate of drug-likeness (QED) is 0.187. The Morgan fingerprint density at radius 2 is 1.04 bits per heavy atom. The van der Waals surface area contributed by atoms with Crippen molar-refractivity contribution in [1.29, 1.82) is 0 Å². The van der Waals surface area contributed by atoms with Crippen LogP contribution in [-0.4, -0.2) is 60.2 Å². The second-order valence-corrected chi connectivity index (χ2v) is 12.8.